The van der Waals surface area contributed by atoms with Gasteiger partial charge < -0.3 is 15.7 Å². The lowest BCUT2D eigenvalue weighted by atomic mass is 10.1. The molecule has 0 radical (unpaired) electrons. The van der Waals surface area contributed by atoms with Crippen LogP contribution in [0.15, 0.2) is 35.9 Å². The highest BCUT2D eigenvalue weighted by atomic mass is 16.3. The Bertz CT molecular complexity index is 397. The van der Waals surface area contributed by atoms with Gasteiger partial charge in [0.1, 0.15) is 11.5 Å². The number of nitrogens with two attached hydrogens (primary N) is 1. The molecule has 0 saturated carbocycles. The van der Waals surface area contributed by atoms with Crippen LogP contribution in [0.2, 0.25) is 0 Å². The Balaban J connectivity index is 2.35. The van der Waals surface area contributed by atoms with Gasteiger partial charge in [-0.15, -0.1) is 0 Å². The highest BCUT2D eigenvalue weighted by molar-refractivity contribution is 5.80. The third-order valence-corrected chi connectivity index (χ3v) is 3.22. The fourth-order valence-corrected chi connectivity index (χ4v) is 1.83. The van der Waals surface area contributed by atoms with Crippen molar-refractivity contribution in [1.82, 2.24) is 4.90 Å². The first-order valence-electron chi connectivity index (χ1n) is 6.23. The van der Waals surface area contributed by atoms with Crippen LogP contribution in [0.3, 0.4) is 0 Å². The van der Waals surface area contributed by atoms with Crippen molar-refractivity contribution in [2.45, 2.75) is 39.2 Å². The predicted molar refractivity (Wildman–Crippen MR) is 72.8 cm³/mol. The van der Waals surface area contributed by atoms with Crippen LogP contribution in [-0.2, 0) is 4.79 Å². The summed E-state index contributed by atoms with van der Waals surface area (Å²) in [5.74, 6) is 0.288. The Morgan fingerprint density at radius 2 is 2.22 bits per heavy atom. The zero-order valence-corrected chi connectivity index (χ0v) is 11.1. The van der Waals surface area contributed by atoms with E-state index in [2.05, 4.69) is 6.58 Å². The molecule has 0 fully saturated rings. The number of hydrogen-bond donors (Lipinski definition) is 2. The molecule has 0 aromatic heterocycles. The number of ketones is 1. The lowest BCUT2D eigenvalue weighted by Gasteiger charge is -2.26. The van der Waals surface area contributed by atoms with Gasteiger partial charge in [-0.3, -0.25) is 4.79 Å². The Hall–Kier alpha value is -1.55. The molecular weight excluding hydrogens is 228 g/mol. The van der Waals surface area contributed by atoms with Gasteiger partial charge in [0, 0.05) is 18.3 Å². The summed E-state index contributed by atoms with van der Waals surface area (Å²) in [5, 5.41) is 9.76. The van der Waals surface area contributed by atoms with Crippen molar-refractivity contribution in [1.29, 1.82) is 0 Å². The Labute approximate surface area is 108 Å². The molecule has 4 heteroatoms. The van der Waals surface area contributed by atoms with E-state index in [1.165, 1.54) is 6.92 Å². The molecule has 1 aliphatic heterocycles. The number of aliphatic hydroxyl groups excluding tert-OH is 1. The van der Waals surface area contributed by atoms with Gasteiger partial charge in [-0.25, -0.2) is 0 Å². The number of carbonyl (C=O) groups is 1. The van der Waals surface area contributed by atoms with Crippen molar-refractivity contribution in [3.63, 3.8) is 0 Å². The van der Waals surface area contributed by atoms with Gasteiger partial charge in [0.05, 0.1) is 11.7 Å². The average molecular weight is 250 g/mol. The largest absolute Gasteiger partial charge is 0.506 e. The molecule has 0 bridgehead atoms. The fraction of sp³-hybridized carbons (Fsp3) is 0.500. The van der Waals surface area contributed by atoms with Crippen molar-refractivity contribution in [2.24, 2.45) is 5.73 Å². The van der Waals surface area contributed by atoms with Crippen LogP contribution in [0.4, 0.5) is 0 Å². The summed E-state index contributed by atoms with van der Waals surface area (Å²) in [5.41, 5.74) is 7.12. The number of unbranched alkanes of at least 4 members (excludes halogenated alkanes) is 1. The molecule has 1 atom stereocenters. The van der Waals surface area contributed by atoms with Crippen LogP contribution in [0.1, 0.15) is 33.1 Å². The number of Topliss-reactive ketones (excluding diaryl/α,β-unsaturated/α-hetero) is 1. The molecule has 0 aliphatic carbocycles. The number of nitrogens with zero attached hydrogens (tertiary/aromatic N) is 1. The Morgan fingerprint density at radius 1 is 1.56 bits per heavy atom. The molecular formula is C14H22N2O2. The quantitative estimate of drug-likeness (QED) is 0.709. The van der Waals surface area contributed by atoms with Crippen LogP contribution >= 0.6 is 0 Å². The normalized spacial score (nSPS) is 17.3. The topological polar surface area (TPSA) is 66.6 Å². The molecule has 1 aliphatic rings. The third-order valence-electron chi connectivity index (χ3n) is 3.22. The number of rotatable bonds is 6. The second kappa shape index (κ2) is 6.40. The lowest BCUT2D eigenvalue weighted by molar-refractivity contribution is -0.118. The van der Waals surface area contributed by atoms with Gasteiger partial charge in [-0.05, 0) is 39.2 Å². The molecule has 1 unspecified atom stereocenters. The van der Waals surface area contributed by atoms with Gasteiger partial charge in [0.15, 0.2) is 0 Å². The highest BCUT2D eigenvalue weighted by Gasteiger charge is 2.14. The van der Waals surface area contributed by atoms with Crippen molar-refractivity contribution in [3.8, 4) is 0 Å². The van der Waals surface area contributed by atoms with E-state index in [0.29, 0.717) is 12.0 Å². The molecule has 1 heterocycles. The molecule has 0 amide bonds. The average Bonchev–Trinajstić information content (AvgIpc) is 2.33. The second-order valence-electron chi connectivity index (χ2n) is 4.68. The van der Waals surface area contributed by atoms with E-state index >= 15 is 0 Å². The summed E-state index contributed by atoms with van der Waals surface area (Å²) < 4.78 is 0. The second-order valence-corrected chi connectivity index (χ2v) is 4.68. The maximum Gasteiger partial charge on any atom is 0.146 e. The highest BCUT2D eigenvalue weighted by Crippen LogP contribution is 2.21. The fourth-order valence-electron chi connectivity index (χ4n) is 1.83. The summed E-state index contributed by atoms with van der Waals surface area (Å²) in [7, 11) is 0. The van der Waals surface area contributed by atoms with E-state index in [9.17, 15) is 9.90 Å². The molecule has 0 aromatic carbocycles. The monoisotopic (exact) mass is 250 g/mol. The Morgan fingerprint density at radius 3 is 2.83 bits per heavy atom. The van der Waals surface area contributed by atoms with E-state index in [1.807, 2.05) is 18.0 Å². The Kier molecular flexibility index (Phi) is 5.16. The van der Waals surface area contributed by atoms with Gasteiger partial charge in [0.25, 0.3) is 0 Å². The summed E-state index contributed by atoms with van der Waals surface area (Å²) in [4.78, 5) is 13.0. The van der Waals surface area contributed by atoms with E-state index in [-0.39, 0.29) is 17.6 Å². The molecule has 3 N–H and O–H groups in total. The maximum absolute atomic E-state index is 11.0. The number of aliphatic hydroxyl groups is 1. The standard InChI is InChI=1S/C14H22N2O2/c1-10-7-9-16(11(2)14(10)18)8-5-4-6-13(15)12(3)17/h7,9,13,18H,1,4-6,8,15H2,2-3H3. The van der Waals surface area contributed by atoms with Crippen LogP contribution in [-0.4, -0.2) is 28.4 Å². The van der Waals surface area contributed by atoms with Crippen molar-refractivity contribution < 1.29 is 9.90 Å². The van der Waals surface area contributed by atoms with Crippen molar-refractivity contribution >= 4 is 5.78 Å². The molecule has 0 spiro atoms. The molecule has 0 saturated heterocycles. The molecule has 0 aromatic rings. The summed E-state index contributed by atoms with van der Waals surface area (Å²) in [6, 6.07) is -0.341. The zero-order valence-electron chi connectivity index (χ0n) is 11.1. The van der Waals surface area contributed by atoms with Crippen LogP contribution in [0.25, 0.3) is 0 Å². The first-order chi connectivity index (χ1) is 8.43. The summed E-state index contributed by atoms with van der Waals surface area (Å²) in [6.45, 7) is 7.94. The minimum Gasteiger partial charge on any atom is -0.506 e. The smallest absolute Gasteiger partial charge is 0.146 e. The number of carbonyl (C=O) groups excluding carboxylic acids is 1. The van der Waals surface area contributed by atoms with Gasteiger partial charge >= 0.3 is 0 Å². The zero-order chi connectivity index (χ0) is 13.7. The molecule has 100 valence electrons. The van der Waals surface area contributed by atoms with Gasteiger partial charge in [-0.2, -0.15) is 0 Å². The molecule has 1 rings (SSSR count). The minimum atomic E-state index is -0.341. The number of allylic oxidation sites excluding steroid dienone is 2. The van der Waals surface area contributed by atoms with Crippen molar-refractivity contribution in [3.05, 3.63) is 35.9 Å². The molecule has 4 nitrogen and oxygen atoms in total. The van der Waals surface area contributed by atoms with Crippen molar-refractivity contribution in [2.75, 3.05) is 6.54 Å². The third kappa shape index (κ3) is 3.74. The predicted octanol–water partition coefficient (Wildman–Crippen LogP) is 2.25. The first kappa shape index (κ1) is 14.5. The van der Waals surface area contributed by atoms with E-state index < -0.39 is 0 Å². The summed E-state index contributed by atoms with van der Waals surface area (Å²) >= 11 is 0. The van der Waals surface area contributed by atoms with Crippen LogP contribution in [0, 0.1) is 0 Å². The summed E-state index contributed by atoms with van der Waals surface area (Å²) in [6.07, 6.45) is 6.27. The molecule has 18 heavy (non-hydrogen) atoms. The van der Waals surface area contributed by atoms with Crippen LogP contribution < -0.4 is 5.73 Å². The van der Waals surface area contributed by atoms with E-state index in [4.69, 9.17) is 5.73 Å². The minimum absolute atomic E-state index is 0.0397. The first-order valence-corrected chi connectivity index (χ1v) is 6.23. The van der Waals surface area contributed by atoms with Gasteiger partial charge in [-0.1, -0.05) is 6.58 Å². The maximum atomic E-state index is 11.0. The number of hydrogen-bond acceptors (Lipinski definition) is 4. The van der Waals surface area contributed by atoms with Crippen LogP contribution in [0.5, 0.6) is 0 Å². The van der Waals surface area contributed by atoms with Gasteiger partial charge in [0.2, 0.25) is 0 Å². The SMILES string of the molecule is C=C1C=CN(CCCCC(N)C(C)=O)C(C)=C1O. The van der Waals surface area contributed by atoms with E-state index in [0.717, 1.165) is 25.1 Å². The lowest BCUT2D eigenvalue weighted by Crippen LogP contribution is -2.28. The van der Waals surface area contributed by atoms with E-state index in [1.54, 1.807) is 6.08 Å².